The van der Waals surface area contributed by atoms with Crippen LogP contribution in [0.3, 0.4) is 0 Å². The maximum absolute atomic E-state index is 12.9. The molecule has 0 spiro atoms. The normalized spacial score (nSPS) is 15.7. The molecule has 0 atom stereocenters. The van der Waals surface area contributed by atoms with Gasteiger partial charge >= 0.3 is 6.09 Å². The summed E-state index contributed by atoms with van der Waals surface area (Å²) in [5, 5.41) is 6.93. The van der Waals surface area contributed by atoms with E-state index in [-0.39, 0.29) is 23.8 Å². The fourth-order valence-corrected chi connectivity index (χ4v) is 6.44. The van der Waals surface area contributed by atoms with E-state index >= 15 is 0 Å². The van der Waals surface area contributed by atoms with E-state index in [1.54, 1.807) is 34.4 Å². The number of fused-ring (bicyclic) bond motifs is 2. The molecule has 8 nitrogen and oxygen atoms in total. The third kappa shape index (κ3) is 6.02. The Balaban J connectivity index is 1.16. The molecule has 1 fully saturated rings. The molecule has 3 aromatic rings. The lowest BCUT2D eigenvalue weighted by Crippen LogP contribution is -2.41. The summed E-state index contributed by atoms with van der Waals surface area (Å²) in [5.41, 5.74) is 1.23. The maximum Gasteiger partial charge on any atom is 0.410 e. The molecule has 10 heteroatoms. The van der Waals surface area contributed by atoms with Gasteiger partial charge in [0.25, 0.3) is 11.8 Å². The van der Waals surface area contributed by atoms with Gasteiger partial charge in [-0.25, -0.2) is 9.78 Å². The molecule has 1 saturated heterocycles. The molecule has 1 aromatic heterocycles. The van der Waals surface area contributed by atoms with E-state index in [0.717, 1.165) is 32.5 Å². The van der Waals surface area contributed by atoms with Crippen LogP contribution in [0.1, 0.15) is 70.1 Å². The van der Waals surface area contributed by atoms with Crippen molar-refractivity contribution in [3.63, 3.8) is 0 Å². The first-order valence-electron chi connectivity index (χ1n) is 12.6. The van der Waals surface area contributed by atoms with Crippen molar-refractivity contribution < 1.29 is 19.1 Å². The van der Waals surface area contributed by atoms with Crippen LogP contribution in [0, 0.1) is 0 Å². The fraction of sp³-hybridized carbons (Fsp3) is 0.357. The second-order valence-electron chi connectivity index (χ2n) is 10.4. The molecule has 38 heavy (non-hydrogen) atoms. The second kappa shape index (κ2) is 10.8. The maximum atomic E-state index is 12.9. The molecule has 2 aliphatic heterocycles. The van der Waals surface area contributed by atoms with Crippen molar-refractivity contribution >= 4 is 46.7 Å². The number of nitrogens with zero attached hydrogens (tertiary/aromatic N) is 2. The van der Waals surface area contributed by atoms with Gasteiger partial charge in [0.2, 0.25) is 0 Å². The summed E-state index contributed by atoms with van der Waals surface area (Å²) in [7, 11) is 0. The summed E-state index contributed by atoms with van der Waals surface area (Å²) in [6, 6.07) is 12.8. The van der Waals surface area contributed by atoms with E-state index in [2.05, 4.69) is 15.6 Å². The summed E-state index contributed by atoms with van der Waals surface area (Å²) in [6.07, 6.45) is 3.22. The molecule has 0 saturated carbocycles. The number of nitrogens with one attached hydrogen (secondary N) is 2. The number of carbonyl (C=O) groups excluding carboxylic acids is 3. The van der Waals surface area contributed by atoms with Gasteiger partial charge < -0.3 is 20.3 Å². The SMILES string of the molecule is CC(C)(C)OC(=O)N1CCC(c2ncc(CNC(=O)c3ccc4c(c3)NC(=O)c3ccccc3S4)s2)CC1. The molecule has 5 rings (SSSR count). The predicted octanol–water partition coefficient (Wildman–Crippen LogP) is 5.90. The number of ether oxygens (including phenoxy) is 1. The molecule has 2 aliphatic rings. The van der Waals surface area contributed by atoms with Gasteiger partial charge in [0.15, 0.2) is 0 Å². The number of aromatic nitrogens is 1. The monoisotopic (exact) mass is 550 g/mol. The average molecular weight is 551 g/mol. The molecule has 0 aliphatic carbocycles. The molecular formula is C28H30N4O4S2. The summed E-state index contributed by atoms with van der Waals surface area (Å²) >= 11 is 3.10. The van der Waals surface area contributed by atoms with E-state index in [1.165, 1.54) is 11.8 Å². The first-order valence-corrected chi connectivity index (χ1v) is 14.2. The topological polar surface area (TPSA) is 101 Å². The van der Waals surface area contributed by atoms with Crippen molar-refractivity contribution in [2.24, 2.45) is 0 Å². The first-order chi connectivity index (χ1) is 18.2. The summed E-state index contributed by atoms with van der Waals surface area (Å²) in [6.45, 7) is 7.27. The Bertz CT molecular complexity index is 1370. The van der Waals surface area contributed by atoms with Crippen molar-refractivity contribution in [2.45, 2.75) is 61.5 Å². The number of rotatable bonds is 4. The van der Waals surface area contributed by atoms with Crippen molar-refractivity contribution in [3.8, 4) is 0 Å². The molecule has 2 N–H and O–H groups in total. The number of likely N-dealkylation sites (tertiary alicyclic amines) is 1. The van der Waals surface area contributed by atoms with Crippen LogP contribution in [-0.2, 0) is 11.3 Å². The number of anilines is 1. The van der Waals surface area contributed by atoms with E-state index < -0.39 is 5.60 Å². The Morgan fingerprint density at radius 3 is 2.66 bits per heavy atom. The summed E-state index contributed by atoms with van der Waals surface area (Å²) in [5.74, 6) is -0.106. The van der Waals surface area contributed by atoms with Gasteiger partial charge in [-0.15, -0.1) is 11.3 Å². The quantitative estimate of drug-likeness (QED) is 0.419. The zero-order valence-electron chi connectivity index (χ0n) is 21.6. The van der Waals surface area contributed by atoms with Crippen LogP contribution in [0.5, 0.6) is 0 Å². The Kier molecular flexibility index (Phi) is 7.45. The van der Waals surface area contributed by atoms with E-state index in [0.29, 0.717) is 36.4 Å². The van der Waals surface area contributed by atoms with Gasteiger partial charge in [-0.2, -0.15) is 0 Å². The third-order valence-electron chi connectivity index (χ3n) is 6.33. The Morgan fingerprint density at radius 1 is 1.13 bits per heavy atom. The highest BCUT2D eigenvalue weighted by molar-refractivity contribution is 7.99. The van der Waals surface area contributed by atoms with E-state index in [1.807, 2.05) is 51.2 Å². The van der Waals surface area contributed by atoms with E-state index in [9.17, 15) is 14.4 Å². The fourth-order valence-electron chi connectivity index (χ4n) is 4.41. The first kappa shape index (κ1) is 26.2. The standard InChI is InChI=1S/C28H30N4O4S2/c1-28(2,3)36-27(35)32-12-10-17(11-13-32)26-30-16-19(37-26)15-29-24(33)18-8-9-23-21(14-18)31-25(34)20-6-4-5-7-22(20)38-23/h4-9,14,16-17H,10-13,15H2,1-3H3,(H,29,33)(H,31,34). The van der Waals surface area contributed by atoms with Crippen molar-refractivity contribution in [1.82, 2.24) is 15.2 Å². The third-order valence-corrected chi connectivity index (χ3v) is 8.64. The number of hydrogen-bond acceptors (Lipinski definition) is 7. The molecule has 0 unspecified atom stereocenters. The van der Waals surface area contributed by atoms with Crippen LogP contribution in [0.15, 0.2) is 58.5 Å². The van der Waals surface area contributed by atoms with Crippen molar-refractivity contribution in [1.29, 1.82) is 0 Å². The van der Waals surface area contributed by atoms with Gasteiger partial charge in [0.05, 0.1) is 22.8 Å². The van der Waals surface area contributed by atoms with Crippen LogP contribution >= 0.6 is 23.1 Å². The molecule has 3 amide bonds. The van der Waals surface area contributed by atoms with Crippen molar-refractivity contribution in [3.05, 3.63) is 69.7 Å². The number of benzene rings is 2. The minimum Gasteiger partial charge on any atom is -0.444 e. The molecule has 0 radical (unpaired) electrons. The van der Waals surface area contributed by atoms with Crippen LogP contribution in [0.2, 0.25) is 0 Å². The summed E-state index contributed by atoms with van der Waals surface area (Å²) in [4.78, 5) is 47.0. The Morgan fingerprint density at radius 2 is 1.89 bits per heavy atom. The summed E-state index contributed by atoms with van der Waals surface area (Å²) < 4.78 is 5.48. The Labute approximate surface area is 230 Å². The Hall–Kier alpha value is -3.37. The second-order valence-corrected chi connectivity index (χ2v) is 12.6. The lowest BCUT2D eigenvalue weighted by molar-refractivity contribution is 0.0204. The lowest BCUT2D eigenvalue weighted by atomic mass is 9.98. The average Bonchev–Trinajstić information content (AvgIpc) is 3.31. The highest BCUT2D eigenvalue weighted by Crippen LogP contribution is 2.39. The molecular weight excluding hydrogens is 520 g/mol. The van der Waals surface area contributed by atoms with Crippen LogP contribution in [0.25, 0.3) is 0 Å². The van der Waals surface area contributed by atoms with Gasteiger partial charge in [-0.1, -0.05) is 23.9 Å². The van der Waals surface area contributed by atoms with Crippen molar-refractivity contribution in [2.75, 3.05) is 18.4 Å². The smallest absolute Gasteiger partial charge is 0.410 e. The highest BCUT2D eigenvalue weighted by atomic mass is 32.2. The van der Waals surface area contributed by atoms with Gasteiger partial charge in [0, 0.05) is 45.4 Å². The largest absolute Gasteiger partial charge is 0.444 e. The molecule has 3 heterocycles. The number of hydrogen-bond donors (Lipinski definition) is 2. The highest BCUT2D eigenvalue weighted by Gasteiger charge is 2.29. The minimum atomic E-state index is -0.500. The number of amides is 3. The zero-order valence-corrected chi connectivity index (χ0v) is 23.2. The van der Waals surface area contributed by atoms with Gasteiger partial charge in [-0.05, 0) is 63.9 Å². The molecule has 2 aromatic carbocycles. The minimum absolute atomic E-state index is 0.182. The van der Waals surface area contributed by atoms with Gasteiger partial charge in [-0.3, -0.25) is 9.59 Å². The number of thiazole rings is 1. The van der Waals surface area contributed by atoms with Crippen LogP contribution < -0.4 is 10.6 Å². The predicted molar refractivity (Wildman–Crippen MR) is 148 cm³/mol. The van der Waals surface area contributed by atoms with Gasteiger partial charge in [0.1, 0.15) is 5.60 Å². The number of piperidine rings is 1. The van der Waals surface area contributed by atoms with E-state index in [4.69, 9.17) is 4.74 Å². The van der Waals surface area contributed by atoms with Crippen LogP contribution in [-0.4, -0.2) is 46.5 Å². The molecule has 0 bridgehead atoms. The number of carbonyl (C=O) groups is 3. The zero-order chi connectivity index (χ0) is 26.9. The van der Waals surface area contributed by atoms with Crippen LogP contribution in [0.4, 0.5) is 10.5 Å². The lowest BCUT2D eigenvalue weighted by Gasteiger charge is -2.32. The molecule has 198 valence electrons.